The Morgan fingerprint density at radius 3 is 2.42 bits per heavy atom. The molecule has 2 rings (SSSR count). The Morgan fingerprint density at radius 2 is 1.83 bits per heavy atom. The molecule has 24 heavy (non-hydrogen) atoms. The van der Waals surface area contributed by atoms with E-state index in [1.807, 2.05) is 6.07 Å². The second kappa shape index (κ2) is 7.98. The number of para-hydroxylation sites is 1. The minimum Gasteiger partial charge on any atom is -0.469 e. The lowest BCUT2D eigenvalue weighted by atomic mass is 10.3. The maximum Gasteiger partial charge on any atom is 0.304 e. The quantitative estimate of drug-likeness (QED) is 0.776. The zero-order valence-electron chi connectivity index (χ0n) is 13.7. The highest BCUT2D eigenvalue weighted by Crippen LogP contribution is 2.18. The number of hydrogen-bond acceptors (Lipinski definition) is 4. The zero-order chi connectivity index (χ0) is 17.6. The van der Waals surface area contributed by atoms with Crippen LogP contribution in [0.5, 0.6) is 0 Å². The van der Waals surface area contributed by atoms with Crippen molar-refractivity contribution in [2.24, 2.45) is 0 Å². The number of nitrogens with zero attached hydrogens (tertiary/aromatic N) is 2. The topological polar surface area (TPSA) is 82.9 Å². The highest BCUT2D eigenvalue weighted by molar-refractivity contribution is 7.90. The lowest BCUT2D eigenvalue weighted by Gasteiger charge is -2.26. The number of carbonyl (C=O) groups is 1. The number of nitrogens with one attached hydrogen (secondary N) is 1. The van der Waals surface area contributed by atoms with Gasteiger partial charge >= 0.3 is 10.2 Å². The molecule has 0 spiro atoms. The molecule has 1 amide bonds. The van der Waals surface area contributed by atoms with Gasteiger partial charge in [-0.3, -0.25) is 4.79 Å². The summed E-state index contributed by atoms with van der Waals surface area (Å²) in [4.78, 5) is 12.2. The van der Waals surface area contributed by atoms with Gasteiger partial charge in [0.2, 0.25) is 5.91 Å². The molecule has 0 saturated heterocycles. The molecular formula is C16H21N3O4S. The Balaban J connectivity index is 2.04. The van der Waals surface area contributed by atoms with Gasteiger partial charge in [0.25, 0.3) is 0 Å². The summed E-state index contributed by atoms with van der Waals surface area (Å²) in [5.41, 5.74) is 0.437. The van der Waals surface area contributed by atoms with Crippen molar-refractivity contribution >= 4 is 21.8 Å². The monoisotopic (exact) mass is 351 g/mol. The summed E-state index contributed by atoms with van der Waals surface area (Å²) in [6.07, 6.45) is 2.11. The second-order valence-corrected chi connectivity index (χ2v) is 7.38. The summed E-state index contributed by atoms with van der Waals surface area (Å²) in [6, 6.07) is 12.1. The number of benzene rings is 1. The molecule has 130 valence electrons. The molecule has 8 heteroatoms. The van der Waals surface area contributed by atoms with E-state index in [2.05, 4.69) is 5.32 Å². The van der Waals surface area contributed by atoms with E-state index >= 15 is 0 Å². The minimum absolute atomic E-state index is 0.289. The van der Waals surface area contributed by atoms with Crippen LogP contribution in [0.25, 0.3) is 0 Å². The van der Waals surface area contributed by atoms with Crippen LogP contribution in [0.2, 0.25) is 0 Å². The van der Waals surface area contributed by atoms with Gasteiger partial charge in [-0.15, -0.1) is 0 Å². The van der Waals surface area contributed by atoms with E-state index in [0.29, 0.717) is 18.7 Å². The van der Waals surface area contributed by atoms with Crippen LogP contribution >= 0.6 is 0 Å². The van der Waals surface area contributed by atoms with E-state index < -0.39 is 10.2 Å². The molecule has 0 fully saturated rings. The lowest BCUT2D eigenvalue weighted by Crippen LogP contribution is -2.46. The number of rotatable bonds is 8. The second-order valence-electron chi connectivity index (χ2n) is 5.31. The van der Waals surface area contributed by atoms with Crippen molar-refractivity contribution in [3.63, 3.8) is 0 Å². The predicted molar refractivity (Wildman–Crippen MR) is 91.8 cm³/mol. The third kappa shape index (κ3) is 4.59. The molecule has 0 radical (unpaired) electrons. The van der Waals surface area contributed by atoms with Gasteiger partial charge in [0.15, 0.2) is 0 Å². The maximum absolute atomic E-state index is 12.5. The van der Waals surface area contributed by atoms with Gasteiger partial charge < -0.3 is 9.73 Å². The Bertz CT molecular complexity index is 743. The van der Waals surface area contributed by atoms with Crippen molar-refractivity contribution < 1.29 is 17.6 Å². The molecule has 2 aromatic rings. The van der Waals surface area contributed by atoms with Gasteiger partial charge in [0, 0.05) is 27.1 Å². The number of furan rings is 1. The van der Waals surface area contributed by atoms with Gasteiger partial charge in [-0.25, -0.2) is 4.31 Å². The molecule has 0 aliphatic rings. The van der Waals surface area contributed by atoms with Gasteiger partial charge in [0.05, 0.1) is 12.0 Å². The fourth-order valence-corrected chi connectivity index (χ4v) is 3.13. The number of amides is 1. The number of anilines is 1. The first-order valence-electron chi connectivity index (χ1n) is 7.45. The first kappa shape index (κ1) is 18.0. The number of hydrogen-bond donors (Lipinski definition) is 1. The summed E-state index contributed by atoms with van der Waals surface area (Å²) in [7, 11) is -0.907. The van der Waals surface area contributed by atoms with Crippen molar-refractivity contribution in [2.45, 2.75) is 6.42 Å². The molecule has 0 unspecified atom stereocenters. The molecule has 1 N–H and O–H groups in total. The van der Waals surface area contributed by atoms with E-state index in [1.54, 1.807) is 42.7 Å². The Kier molecular flexibility index (Phi) is 5.99. The summed E-state index contributed by atoms with van der Waals surface area (Å²) in [5, 5.41) is 2.71. The van der Waals surface area contributed by atoms with Crippen molar-refractivity contribution in [3.05, 3.63) is 54.5 Å². The van der Waals surface area contributed by atoms with Gasteiger partial charge in [-0.1, -0.05) is 18.2 Å². The SMILES string of the molecule is CN(C)S(=O)(=O)N(CC(=O)NCCc1ccco1)c1ccccc1. The van der Waals surface area contributed by atoms with Crippen molar-refractivity contribution in [2.75, 3.05) is 31.5 Å². The standard InChI is InChI=1S/C16H21N3O4S/c1-18(2)24(21,22)19(14-7-4-3-5-8-14)13-16(20)17-11-10-15-9-6-12-23-15/h3-9,12H,10-11,13H2,1-2H3,(H,17,20). The summed E-state index contributed by atoms with van der Waals surface area (Å²) < 4.78 is 32.3. The predicted octanol–water partition coefficient (Wildman–Crippen LogP) is 1.25. The highest BCUT2D eigenvalue weighted by Gasteiger charge is 2.26. The zero-order valence-corrected chi connectivity index (χ0v) is 14.5. The van der Waals surface area contributed by atoms with Gasteiger partial charge in [0.1, 0.15) is 12.3 Å². The van der Waals surface area contributed by atoms with Gasteiger partial charge in [-0.2, -0.15) is 12.7 Å². The number of carbonyl (C=O) groups excluding carboxylic acids is 1. The molecule has 1 aromatic heterocycles. The highest BCUT2D eigenvalue weighted by atomic mass is 32.2. The van der Waals surface area contributed by atoms with E-state index in [-0.39, 0.29) is 12.5 Å². The largest absolute Gasteiger partial charge is 0.469 e. The molecule has 0 bridgehead atoms. The average molecular weight is 351 g/mol. The Morgan fingerprint density at radius 1 is 1.12 bits per heavy atom. The van der Waals surface area contributed by atoms with Crippen LogP contribution in [0.15, 0.2) is 53.1 Å². The van der Waals surface area contributed by atoms with Crippen LogP contribution in [0, 0.1) is 0 Å². The van der Waals surface area contributed by atoms with E-state index in [0.717, 1.165) is 14.4 Å². The molecule has 0 aliphatic heterocycles. The average Bonchev–Trinajstić information content (AvgIpc) is 3.06. The molecule has 0 saturated carbocycles. The molecule has 1 aromatic carbocycles. The molecule has 7 nitrogen and oxygen atoms in total. The van der Waals surface area contributed by atoms with Crippen LogP contribution in [0.3, 0.4) is 0 Å². The Hall–Kier alpha value is -2.32. The molecule has 1 heterocycles. The van der Waals surface area contributed by atoms with Crippen molar-refractivity contribution in [1.82, 2.24) is 9.62 Å². The van der Waals surface area contributed by atoms with Gasteiger partial charge in [-0.05, 0) is 24.3 Å². The van der Waals surface area contributed by atoms with Crippen LogP contribution in [-0.4, -0.2) is 45.8 Å². The lowest BCUT2D eigenvalue weighted by molar-refractivity contribution is -0.119. The summed E-state index contributed by atoms with van der Waals surface area (Å²) in [5.74, 6) is 0.381. The van der Waals surface area contributed by atoms with Crippen LogP contribution in [-0.2, 0) is 21.4 Å². The minimum atomic E-state index is -3.77. The normalized spacial score (nSPS) is 11.5. The molecular weight excluding hydrogens is 330 g/mol. The Labute approximate surface area is 142 Å². The van der Waals surface area contributed by atoms with Crippen molar-refractivity contribution in [1.29, 1.82) is 0 Å². The third-order valence-corrected chi connectivity index (χ3v) is 5.16. The van der Waals surface area contributed by atoms with Crippen LogP contribution in [0.1, 0.15) is 5.76 Å². The van der Waals surface area contributed by atoms with Crippen molar-refractivity contribution in [3.8, 4) is 0 Å². The fourth-order valence-electron chi connectivity index (χ4n) is 2.06. The van der Waals surface area contributed by atoms with E-state index in [9.17, 15) is 13.2 Å². The fraction of sp³-hybridized carbons (Fsp3) is 0.312. The van der Waals surface area contributed by atoms with E-state index in [4.69, 9.17) is 4.42 Å². The van der Waals surface area contributed by atoms with Crippen LogP contribution < -0.4 is 9.62 Å². The maximum atomic E-state index is 12.5. The van der Waals surface area contributed by atoms with Crippen LogP contribution in [0.4, 0.5) is 5.69 Å². The molecule has 0 atom stereocenters. The smallest absolute Gasteiger partial charge is 0.304 e. The summed E-state index contributed by atoms with van der Waals surface area (Å²) >= 11 is 0. The first-order valence-corrected chi connectivity index (χ1v) is 8.85. The molecule has 0 aliphatic carbocycles. The third-order valence-electron chi connectivity index (χ3n) is 3.35. The first-order chi connectivity index (χ1) is 11.4. The van der Waals surface area contributed by atoms with E-state index in [1.165, 1.54) is 14.1 Å². The summed E-state index contributed by atoms with van der Waals surface area (Å²) in [6.45, 7) is 0.0830.